The molecular formula is C26H18N4O10. The number of carbonyl (C=O) groups is 4. The van der Waals surface area contributed by atoms with Gasteiger partial charge in [-0.15, -0.1) is 0 Å². The summed E-state index contributed by atoms with van der Waals surface area (Å²) >= 11 is 0. The molecule has 0 saturated carbocycles. The van der Waals surface area contributed by atoms with Crippen molar-refractivity contribution in [3.63, 3.8) is 0 Å². The fraction of sp³-hybridized carbons (Fsp3) is 0.154. The molecule has 2 heterocycles. The summed E-state index contributed by atoms with van der Waals surface area (Å²) in [5.74, 6) is -3.65. The molecule has 202 valence electrons. The number of ether oxygens (including phenoxy) is 2. The molecule has 5 rings (SSSR count). The second-order valence-corrected chi connectivity index (χ2v) is 8.84. The number of nitro benzene ring substituents is 2. The van der Waals surface area contributed by atoms with Gasteiger partial charge in [-0.1, -0.05) is 12.1 Å². The largest absolute Gasteiger partial charge is 0.494 e. The molecule has 1 saturated heterocycles. The number of esters is 1. The first kappa shape index (κ1) is 26.0. The Balaban J connectivity index is 1.34. The lowest BCUT2D eigenvalue weighted by Gasteiger charge is -2.19. The molecule has 14 heteroatoms. The van der Waals surface area contributed by atoms with Crippen molar-refractivity contribution in [2.45, 2.75) is 6.42 Å². The second-order valence-electron chi connectivity index (χ2n) is 8.84. The predicted octanol–water partition coefficient (Wildman–Crippen LogP) is 3.27. The molecule has 0 N–H and O–H groups in total. The van der Waals surface area contributed by atoms with E-state index >= 15 is 0 Å². The summed E-state index contributed by atoms with van der Waals surface area (Å²) in [6.45, 7) is -0.0758. The number of nitrogens with zero attached hydrogens (tertiary/aromatic N) is 4. The van der Waals surface area contributed by atoms with Gasteiger partial charge in [-0.2, -0.15) is 0 Å². The number of benzene rings is 3. The maximum Gasteiger partial charge on any atom is 0.316 e. The quantitative estimate of drug-likeness (QED) is 0.140. The molecule has 0 unspecified atom stereocenters. The van der Waals surface area contributed by atoms with Gasteiger partial charge in [-0.05, 0) is 24.3 Å². The average molecular weight is 546 g/mol. The molecule has 1 atom stereocenters. The number of fused-ring (bicyclic) bond motifs is 1. The van der Waals surface area contributed by atoms with Gasteiger partial charge in [0, 0.05) is 31.2 Å². The van der Waals surface area contributed by atoms with Crippen molar-refractivity contribution in [1.29, 1.82) is 0 Å². The normalized spacial score (nSPS) is 16.2. The number of nitro groups is 2. The molecule has 2 aliphatic heterocycles. The standard InChI is InChI=1S/C26H18N4O10/c1-39-21-12-16(29(35)36)8-9-19(21)27-13-14(10-22(27)31)26(34)40-17-5-2-4-15(11-17)28-24(32)18-6-3-7-20(30(37)38)23(18)25(28)33/h2-9,11-12,14H,10,13H2,1H3/t14-/m0/s1. The number of rotatable bonds is 7. The Bertz CT molecular complexity index is 1640. The summed E-state index contributed by atoms with van der Waals surface area (Å²) in [7, 11) is 1.30. The van der Waals surface area contributed by atoms with E-state index in [-0.39, 0.29) is 52.7 Å². The van der Waals surface area contributed by atoms with Gasteiger partial charge in [0.05, 0.1) is 45.9 Å². The number of amides is 3. The second kappa shape index (κ2) is 9.90. The van der Waals surface area contributed by atoms with E-state index in [1.54, 1.807) is 0 Å². The molecule has 0 spiro atoms. The zero-order chi connectivity index (χ0) is 28.7. The lowest BCUT2D eigenvalue weighted by molar-refractivity contribution is -0.385. The Morgan fingerprint density at radius 3 is 2.40 bits per heavy atom. The highest BCUT2D eigenvalue weighted by Crippen LogP contribution is 2.37. The minimum absolute atomic E-state index is 0.0210. The molecule has 0 aliphatic carbocycles. The predicted molar refractivity (Wildman–Crippen MR) is 136 cm³/mol. The highest BCUT2D eigenvalue weighted by Gasteiger charge is 2.42. The van der Waals surface area contributed by atoms with Gasteiger partial charge < -0.3 is 14.4 Å². The number of hydrogen-bond acceptors (Lipinski definition) is 10. The van der Waals surface area contributed by atoms with Gasteiger partial charge in [0.25, 0.3) is 23.2 Å². The summed E-state index contributed by atoms with van der Waals surface area (Å²) in [5, 5.41) is 22.4. The molecule has 3 aromatic rings. The van der Waals surface area contributed by atoms with E-state index in [9.17, 15) is 39.4 Å². The van der Waals surface area contributed by atoms with Crippen LogP contribution >= 0.6 is 0 Å². The van der Waals surface area contributed by atoms with E-state index in [2.05, 4.69) is 0 Å². The summed E-state index contributed by atoms with van der Waals surface area (Å²) < 4.78 is 10.7. The van der Waals surface area contributed by atoms with E-state index in [1.807, 2.05) is 0 Å². The van der Waals surface area contributed by atoms with E-state index in [0.29, 0.717) is 0 Å². The van der Waals surface area contributed by atoms with Crippen LogP contribution in [0.4, 0.5) is 22.7 Å². The first-order valence-corrected chi connectivity index (χ1v) is 11.7. The van der Waals surface area contributed by atoms with Crippen molar-refractivity contribution in [1.82, 2.24) is 0 Å². The van der Waals surface area contributed by atoms with Crippen LogP contribution in [0.1, 0.15) is 27.1 Å². The van der Waals surface area contributed by atoms with Gasteiger partial charge in [-0.25, -0.2) is 4.90 Å². The van der Waals surface area contributed by atoms with Crippen LogP contribution in [0.3, 0.4) is 0 Å². The molecule has 3 aromatic carbocycles. The van der Waals surface area contributed by atoms with Crippen LogP contribution in [-0.2, 0) is 9.59 Å². The third-order valence-electron chi connectivity index (χ3n) is 6.51. The van der Waals surface area contributed by atoms with Gasteiger partial charge in [0.2, 0.25) is 5.91 Å². The first-order valence-electron chi connectivity index (χ1n) is 11.7. The SMILES string of the molecule is COc1cc([N+](=O)[O-])ccc1N1C[C@@H](C(=O)Oc2cccc(N3C(=O)c4cccc([N+](=O)[O-])c4C3=O)c2)CC1=O. The van der Waals surface area contributed by atoms with Crippen molar-refractivity contribution in [2.75, 3.05) is 23.5 Å². The average Bonchev–Trinajstić information content (AvgIpc) is 3.45. The fourth-order valence-corrected chi connectivity index (χ4v) is 4.64. The highest BCUT2D eigenvalue weighted by atomic mass is 16.6. The zero-order valence-corrected chi connectivity index (χ0v) is 20.6. The van der Waals surface area contributed by atoms with Crippen molar-refractivity contribution in [2.24, 2.45) is 5.92 Å². The number of imide groups is 1. The van der Waals surface area contributed by atoms with Crippen molar-refractivity contribution < 1.29 is 38.5 Å². The minimum Gasteiger partial charge on any atom is -0.494 e. The summed E-state index contributed by atoms with van der Waals surface area (Å²) in [5.41, 5.74) is -0.878. The van der Waals surface area contributed by atoms with Crippen LogP contribution in [0.15, 0.2) is 60.7 Å². The number of carbonyl (C=O) groups excluding carboxylic acids is 4. The molecule has 3 amide bonds. The maximum atomic E-state index is 13.0. The van der Waals surface area contributed by atoms with Crippen LogP contribution in [0.2, 0.25) is 0 Å². The Morgan fingerprint density at radius 2 is 1.70 bits per heavy atom. The lowest BCUT2D eigenvalue weighted by Crippen LogP contribution is -2.29. The van der Waals surface area contributed by atoms with Crippen LogP contribution in [0.5, 0.6) is 11.5 Å². The zero-order valence-electron chi connectivity index (χ0n) is 20.6. The van der Waals surface area contributed by atoms with Crippen LogP contribution in [0, 0.1) is 26.1 Å². The van der Waals surface area contributed by atoms with E-state index in [4.69, 9.17) is 9.47 Å². The van der Waals surface area contributed by atoms with Gasteiger partial charge in [-0.3, -0.25) is 39.4 Å². The van der Waals surface area contributed by atoms with E-state index in [0.717, 1.165) is 11.0 Å². The third kappa shape index (κ3) is 4.36. The van der Waals surface area contributed by atoms with Crippen LogP contribution in [-0.4, -0.2) is 47.2 Å². The monoisotopic (exact) mass is 546 g/mol. The smallest absolute Gasteiger partial charge is 0.316 e. The van der Waals surface area contributed by atoms with Crippen molar-refractivity contribution in [3.8, 4) is 11.5 Å². The first-order chi connectivity index (χ1) is 19.1. The number of non-ortho nitro benzene ring substituents is 1. The highest BCUT2D eigenvalue weighted by molar-refractivity contribution is 6.35. The van der Waals surface area contributed by atoms with Crippen LogP contribution in [0.25, 0.3) is 0 Å². The molecule has 40 heavy (non-hydrogen) atoms. The summed E-state index contributed by atoms with van der Waals surface area (Å²) in [6, 6.07) is 13.0. The number of anilines is 2. The minimum atomic E-state index is -0.891. The van der Waals surface area contributed by atoms with E-state index < -0.39 is 45.1 Å². The topological polar surface area (TPSA) is 180 Å². The molecule has 2 aliphatic rings. The Morgan fingerprint density at radius 1 is 0.950 bits per heavy atom. The molecule has 14 nitrogen and oxygen atoms in total. The summed E-state index contributed by atoms with van der Waals surface area (Å²) in [6.07, 6.45) is -0.194. The molecule has 0 radical (unpaired) electrons. The Labute approximate surface area is 224 Å². The lowest BCUT2D eigenvalue weighted by atomic mass is 10.1. The van der Waals surface area contributed by atoms with Gasteiger partial charge >= 0.3 is 5.97 Å². The molecular weight excluding hydrogens is 528 g/mol. The third-order valence-corrected chi connectivity index (χ3v) is 6.51. The fourth-order valence-electron chi connectivity index (χ4n) is 4.64. The maximum absolute atomic E-state index is 13.0. The molecule has 0 bridgehead atoms. The van der Waals surface area contributed by atoms with E-state index in [1.165, 1.54) is 66.6 Å². The number of methoxy groups -OCH3 is 1. The van der Waals surface area contributed by atoms with Crippen LogP contribution < -0.4 is 19.3 Å². The van der Waals surface area contributed by atoms with Crippen molar-refractivity contribution >= 4 is 46.4 Å². The summed E-state index contributed by atoms with van der Waals surface area (Å²) in [4.78, 5) is 74.7. The number of hydrogen-bond donors (Lipinski definition) is 0. The molecule has 1 fully saturated rings. The molecule has 0 aromatic heterocycles. The van der Waals surface area contributed by atoms with Gasteiger partial charge in [0.1, 0.15) is 17.1 Å². The Kier molecular flexibility index (Phi) is 6.43. The van der Waals surface area contributed by atoms with Crippen molar-refractivity contribution in [3.05, 3.63) is 92.0 Å². The van der Waals surface area contributed by atoms with Gasteiger partial charge in [0.15, 0.2) is 0 Å². The Hall–Kier alpha value is -5.66.